The van der Waals surface area contributed by atoms with Gasteiger partial charge in [0.05, 0.1) is 11.2 Å². The Balaban J connectivity index is 2.26. The number of hydrogen-bond donors (Lipinski definition) is 0. The highest BCUT2D eigenvalue weighted by Crippen LogP contribution is 2.18. The van der Waals surface area contributed by atoms with Crippen LogP contribution in [0.4, 0.5) is 0 Å². The van der Waals surface area contributed by atoms with E-state index >= 15 is 0 Å². The zero-order valence-electron chi connectivity index (χ0n) is 8.34. The van der Waals surface area contributed by atoms with E-state index in [9.17, 15) is 0 Å². The molecule has 0 unspecified atom stereocenters. The van der Waals surface area contributed by atoms with Crippen molar-refractivity contribution in [2.45, 2.75) is 0 Å². The lowest BCUT2D eigenvalue weighted by Crippen LogP contribution is -1.95. The molecule has 0 spiro atoms. The first kappa shape index (κ1) is 9.36. The highest BCUT2D eigenvalue weighted by molar-refractivity contribution is 6.30. The standard InChI is InChI=1S/C12H8ClN3/c13-9-4-3-5-10(8-9)16-12-7-2-1-6-11(12)14-15-16/h1-8H. The molecule has 0 amide bonds. The van der Waals surface area contributed by atoms with Crippen LogP contribution in [0.25, 0.3) is 16.7 Å². The molecule has 0 aliphatic carbocycles. The Hall–Kier alpha value is -1.87. The van der Waals surface area contributed by atoms with E-state index < -0.39 is 0 Å². The van der Waals surface area contributed by atoms with E-state index in [4.69, 9.17) is 11.6 Å². The normalized spacial score (nSPS) is 10.8. The molecule has 0 saturated carbocycles. The largest absolute Gasteiger partial charge is 0.213 e. The zero-order chi connectivity index (χ0) is 11.0. The summed E-state index contributed by atoms with van der Waals surface area (Å²) in [5, 5.41) is 8.90. The van der Waals surface area contributed by atoms with Gasteiger partial charge in [-0.25, -0.2) is 4.68 Å². The second-order valence-electron chi connectivity index (χ2n) is 3.47. The number of fused-ring (bicyclic) bond motifs is 1. The summed E-state index contributed by atoms with van der Waals surface area (Å²) in [5.41, 5.74) is 2.77. The maximum absolute atomic E-state index is 5.95. The van der Waals surface area contributed by atoms with E-state index in [1.165, 1.54) is 0 Å². The lowest BCUT2D eigenvalue weighted by Gasteiger charge is -2.01. The molecule has 0 bridgehead atoms. The molecule has 3 rings (SSSR count). The predicted molar refractivity (Wildman–Crippen MR) is 63.9 cm³/mol. The Labute approximate surface area is 97.3 Å². The molecule has 0 aliphatic heterocycles. The van der Waals surface area contributed by atoms with Gasteiger partial charge in [-0.1, -0.05) is 35.0 Å². The summed E-state index contributed by atoms with van der Waals surface area (Å²) in [7, 11) is 0. The van der Waals surface area contributed by atoms with Crippen molar-refractivity contribution in [2.75, 3.05) is 0 Å². The van der Waals surface area contributed by atoms with Crippen molar-refractivity contribution in [3.63, 3.8) is 0 Å². The summed E-state index contributed by atoms with van der Waals surface area (Å²) in [6, 6.07) is 15.4. The van der Waals surface area contributed by atoms with E-state index in [2.05, 4.69) is 10.3 Å². The summed E-state index contributed by atoms with van der Waals surface area (Å²) < 4.78 is 1.78. The highest BCUT2D eigenvalue weighted by Gasteiger charge is 2.05. The zero-order valence-corrected chi connectivity index (χ0v) is 9.09. The van der Waals surface area contributed by atoms with E-state index in [0.717, 1.165) is 16.7 Å². The Morgan fingerprint density at radius 2 is 1.88 bits per heavy atom. The van der Waals surface area contributed by atoms with Gasteiger partial charge in [0.1, 0.15) is 5.52 Å². The third kappa shape index (κ3) is 1.46. The molecular formula is C12H8ClN3. The first-order chi connectivity index (χ1) is 7.84. The number of benzene rings is 2. The van der Waals surface area contributed by atoms with Gasteiger partial charge in [-0.05, 0) is 30.3 Å². The Bertz CT molecular complexity index is 645. The van der Waals surface area contributed by atoms with Crippen LogP contribution in [0.1, 0.15) is 0 Å². The fraction of sp³-hybridized carbons (Fsp3) is 0. The third-order valence-corrected chi connectivity index (χ3v) is 2.64. The van der Waals surface area contributed by atoms with Gasteiger partial charge in [-0.15, -0.1) is 5.10 Å². The summed E-state index contributed by atoms with van der Waals surface area (Å²) in [4.78, 5) is 0. The first-order valence-corrected chi connectivity index (χ1v) is 5.29. The molecule has 4 heteroatoms. The van der Waals surface area contributed by atoms with Gasteiger partial charge < -0.3 is 0 Å². The molecule has 3 aromatic rings. The predicted octanol–water partition coefficient (Wildman–Crippen LogP) is 3.07. The molecule has 0 saturated heterocycles. The molecule has 3 nitrogen and oxygen atoms in total. The molecule has 0 aliphatic rings. The number of rotatable bonds is 1. The van der Waals surface area contributed by atoms with Gasteiger partial charge in [0, 0.05) is 5.02 Å². The van der Waals surface area contributed by atoms with Crippen molar-refractivity contribution in [2.24, 2.45) is 0 Å². The van der Waals surface area contributed by atoms with Crippen molar-refractivity contribution in [3.05, 3.63) is 53.6 Å². The SMILES string of the molecule is Clc1cccc(-n2nnc3ccccc32)c1. The molecule has 0 atom stereocenters. The van der Waals surface area contributed by atoms with Crippen LogP contribution in [0.3, 0.4) is 0 Å². The quantitative estimate of drug-likeness (QED) is 0.642. The Kier molecular flexibility index (Phi) is 2.11. The minimum Gasteiger partial charge on any atom is -0.213 e. The minimum absolute atomic E-state index is 0.692. The van der Waals surface area contributed by atoms with Crippen molar-refractivity contribution < 1.29 is 0 Å². The summed E-state index contributed by atoms with van der Waals surface area (Å²) in [5.74, 6) is 0. The van der Waals surface area contributed by atoms with Gasteiger partial charge in [-0.2, -0.15) is 0 Å². The molecule has 1 aromatic heterocycles. The molecular weight excluding hydrogens is 222 g/mol. The van der Waals surface area contributed by atoms with Crippen LogP contribution < -0.4 is 0 Å². The number of hydrogen-bond acceptors (Lipinski definition) is 2. The highest BCUT2D eigenvalue weighted by atomic mass is 35.5. The van der Waals surface area contributed by atoms with Gasteiger partial charge in [-0.3, -0.25) is 0 Å². The number of aromatic nitrogens is 3. The lowest BCUT2D eigenvalue weighted by atomic mass is 10.3. The first-order valence-electron chi connectivity index (χ1n) is 4.91. The Morgan fingerprint density at radius 3 is 2.75 bits per heavy atom. The van der Waals surface area contributed by atoms with Crippen LogP contribution in [0.2, 0.25) is 5.02 Å². The smallest absolute Gasteiger partial charge is 0.113 e. The fourth-order valence-electron chi connectivity index (χ4n) is 1.67. The van der Waals surface area contributed by atoms with E-state index in [0.29, 0.717) is 5.02 Å². The molecule has 0 fully saturated rings. The van der Waals surface area contributed by atoms with Crippen molar-refractivity contribution >= 4 is 22.6 Å². The molecule has 0 radical (unpaired) electrons. The second-order valence-corrected chi connectivity index (χ2v) is 3.91. The second kappa shape index (κ2) is 3.61. The summed E-state index contributed by atoms with van der Waals surface area (Å²) >= 11 is 5.95. The maximum atomic E-state index is 5.95. The van der Waals surface area contributed by atoms with Crippen LogP contribution in [0.5, 0.6) is 0 Å². The van der Waals surface area contributed by atoms with E-state index in [1.54, 1.807) is 4.68 Å². The number of halogens is 1. The van der Waals surface area contributed by atoms with Gasteiger partial charge in [0.25, 0.3) is 0 Å². The van der Waals surface area contributed by atoms with Crippen LogP contribution >= 0.6 is 11.6 Å². The average Bonchev–Trinajstić information content (AvgIpc) is 2.72. The van der Waals surface area contributed by atoms with E-state index in [1.807, 2.05) is 48.5 Å². The van der Waals surface area contributed by atoms with E-state index in [-0.39, 0.29) is 0 Å². The summed E-state index contributed by atoms with van der Waals surface area (Å²) in [6.45, 7) is 0. The van der Waals surface area contributed by atoms with Gasteiger partial charge in [0.15, 0.2) is 0 Å². The van der Waals surface area contributed by atoms with Gasteiger partial charge >= 0.3 is 0 Å². The molecule has 16 heavy (non-hydrogen) atoms. The minimum atomic E-state index is 0.692. The van der Waals surface area contributed by atoms with Crippen LogP contribution in [0, 0.1) is 0 Å². The van der Waals surface area contributed by atoms with Crippen molar-refractivity contribution in [3.8, 4) is 5.69 Å². The fourth-order valence-corrected chi connectivity index (χ4v) is 1.85. The average molecular weight is 230 g/mol. The molecule has 2 aromatic carbocycles. The summed E-state index contributed by atoms with van der Waals surface area (Å²) in [6.07, 6.45) is 0. The monoisotopic (exact) mass is 229 g/mol. The van der Waals surface area contributed by atoms with Crippen LogP contribution in [0.15, 0.2) is 48.5 Å². The number of para-hydroxylation sites is 1. The Morgan fingerprint density at radius 1 is 1.00 bits per heavy atom. The van der Waals surface area contributed by atoms with Gasteiger partial charge in [0.2, 0.25) is 0 Å². The van der Waals surface area contributed by atoms with Crippen molar-refractivity contribution in [1.82, 2.24) is 15.0 Å². The molecule has 0 N–H and O–H groups in total. The lowest BCUT2D eigenvalue weighted by molar-refractivity contribution is 0.824. The van der Waals surface area contributed by atoms with Crippen LogP contribution in [-0.4, -0.2) is 15.0 Å². The number of nitrogens with zero attached hydrogens (tertiary/aromatic N) is 3. The van der Waals surface area contributed by atoms with Crippen LogP contribution in [-0.2, 0) is 0 Å². The molecule has 1 heterocycles. The topological polar surface area (TPSA) is 30.7 Å². The maximum Gasteiger partial charge on any atom is 0.113 e. The van der Waals surface area contributed by atoms with Crippen molar-refractivity contribution in [1.29, 1.82) is 0 Å². The molecule has 78 valence electrons. The third-order valence-electron chi connectivity index (χ3n) is 2.40.